The van der Waals surface area contributed by atoms with Crippen molar-refractivity contribution in [2.45, 2.75) is 18.6 Å². The fourth-order valence-corrected chi connectivity index (χ4v) is 4.02. The number of likely N-dealkylation sites (tertiary alicyclic amines) is 1. The first kappa shape index (κ1) is 14.3. The van der Waals surface area contributed by atoms with E-state index in [1.165, 1.54) is 16.2 Å². The molecule has 0 spiro atoms. The molecular weight excluding hydrogens is 314 g/mol. The molecule has 3 rings (SSSR count). The highest BCUT2D eigenvalue weighted by Gasteiger charge is 2.40. The summed E-state index contributed by atoms with van der Waals surface area (Å²) in [5, 5.41) is 19.9. The number of aliphatic hydroxyl groups excluding tert-OH is 1. The van der Waals surface area contributed by atoms with Crippen LogP contribution in [0, 0.1) is 0 Å². The first-order chi connectivity index (χ1) is 9.99. The Labute approximate surface area is 129 Å². The van der Waals surface area contributed by atoms with E-state index in [-0.39, 0.29) is 13.0 Å². The molecule has 1 aromatic heterocycles. The maximum atomic E-state index is 12.6. The van der Waals surface area contributed by atoms with Gasteiger partial charge in [-0.3, -0.25) is 4.79 Å². The summed E-state index contributed by atoms with van der Waals surface area (Å²) in [6.07, 6.45) is -0.771. The van der Waals surface area contributed by atoms with Crippen LogP contribution in [-0.4, -0.2) is 45.7 Å². The highest BCUT2D eigenvalue weighted by atomic mass is 35.5. The van der Waals surface area contributed by atoms with E-state index in [4.69, 9.17) is 11.6 Å². The Balaban J connectivity index is 2.00. The molecule has 1 saturated heterocycles. The van der Waals surface area contributed by atoms with E-state index in [1.54, 1.807) is 0 Å². The molecular formula is C14H12ClNO4S. The van der Waals surface area contributed by atoms with Crippen molar-refractivity contribution in [1.29, 1.82) is 0 Å². The summed E-state index contributed by atoms with van der Waals surface area (Å²) in [6.45, 7) is 0.0143. The van der Waals surface area contributed by atoms with Crippen LogP contribution in [0.5, 0.6) is 0 Å². The normalized spacial score (nSPS) is 21.9. The minimum absolute atomic E-state index is 0.0143. The summed E-state index contributed by atoms with van der Waals surface area (Å²) in [5.74, 6) is -1.55. The summed E-state index contributed by atoms with van der Waals surface area (Å²) in [4.78, 5) is 25.3. The van der Waals surface area contributed by atoms with E-state index < -0.39 is 24.0 Å². The zero-order valence-corrected chi connectivity index (χ0v) is 12.4. The van der Waals surface area contributed by atoms with Gasteiger partial charge in [-0.2, -0.15) is 0 Å². The van der Waals surface area contributed by atoms with Gasteiger partial charge in [0, 0.05) is 23.1 Å². The Hall–Kier alpha value is -1.63. The predicted octanol–water partition coefficient (Wildman–Crippen LogP) is 2.21. The monoisotopic (exact) mass is 325 g/mol. The number of aliphatic carboxylic acids is 1. The van der Waals surface area contributed by atoms with Crippen molar-refractivity contribution >= 4 is 44.9 Å². The van der Waals surface area contributed by atoms with Crippen LogP contribution < -0.4 is 0 Å². The van der Waals surface area contributed by atoms with Crippen LogP contribution in [0.2, 0.25) is 5.02 Å². The number of hydrogen-bond donors (Lipinski definition) is 2. The number of fused-ring (bicyclic) bond motifs is 1. The molecule has 110 valence electrons. The molecule has 1 aliphatic heterocycles. The minimum Gasteiger partial charge on any atom is -0.480 e. The number of thiophene rings is 1. The molecule has 1 amide bonds. The Kier molecular flexibility index (Phi) is 3.61. The first-order valence-corrected chi connectivity index (χ1v) is 7.57. The molecule has 1 aromatic carbocycles. The predicted molar refractivity (Wildman–Crippen MR) is 79.9 cm³/mol. The zero-order valence-electron chi connectivity index (χ0n) is 10.8. The van der Waals surface area contributed by atoms with Crippen molar-refractivity contribution in [2.75, 3.05) is 6.54 Å². The number of nitrogens with zero attached hydrogens (tertiary/aromatic N) is 1. The first-order valence-electron chi connectivity index (χ1n) is 6.38. The van der Waals surface area contributed by atoms with Crippen molar-refractivity contribution in [2.24, 2.45) is 0 Å². The fourth-order valence-electron chi connectivity index (χ4n) is 2.55. The summed E-state index contributed by atoms with van der Waals surface area (Å²) in [5.41, 5.74) is 0. The molecule has 2 atom stereocenters. The van der Waals surface area contributed by atoms with E-state index >= 15 is 0 Å². The van der Waals surface area contributed by atoms with Crippen LogP contribution >= 0.6 is 22.9 Å². The lowest BCUT2D eigenvalue weighted by molar-refractivity contribution is -0.141. The molecule has 7 heteroatoms. The molecule has 0 saturated carbocycles. The van der Waals surface area contributed by atoms with E-state index in [1.807, 2.05) is 24.3 Å². The highest BCUT2D eigenvalue weighted by Crippen LogP contribution is 2.37. The second kappa shape index (κ2) is 5.29. The van der Waals surface area contributed by atoms with Gasteiger partial charge < -0.3 is 15.1 Å². The Morgan fingerprint density at radius 3 is 2.71 bits per heavy atom. The molecule has 0 radical (unpaired) electrons. The number of rotatable bonds is 2. The van der Waals surface area contributed by atoms with Crippen molar-refractivity contribution in [3.63, 3.8) is 0 Å². The number of carboxylic acids is 1. The Morgan fingerprint density at radius 1 is 1.33 bits per heavy atom. The van der Waals surface area contributed by atoms with Crippen LogP contribution in [0.25, 0.3) is 10.1 Å². The van der Waals surface area contributed by atoms with Gasteiger partial charge in [-0.05, 0) is 6.07 Å². The maximum Gasteiger partial charge on any atom is 0.326 e. The molecule has 21 heavy (non-hydrogen) atoms. The van der Waals surface area contributed by atoms with Crippen molar-refractivity contribution < 1.29 is 19.8 Å². The van der Waals surface area contributed by atoms with Crippen molar-refractivity contribution in [1.82, 2.24) is 4.90 Å². The number of aliphatic hydroxyl groups is 1. The lowest BCUT2D eigenvalue weighted by Crippen LogP contribution is -2.40. The Bertz CT molecular complexity index is 729. The molecule has 2 N–H and O–H groups in total. The number of β-amino-alcohol motifs (C(OH)–C–C–N with tert-alkyl or cyclic N) is 1. The standard InChI is InChI=1S/C14H12ClNO4S/c15-11-8-3-1-2-4-10(8)21-12(11)13(18)16-6-7(17)5-9(16)14(19)20/h1-4,7,9,17H,5-6H2,(H,19,20)/t7-,9+/m1/s1. The summed E-state index contributed by atoms with van der Waals surface area (Å²) in [7, 11) is 0. The third-order valence-electron chi connectivity index (χ3n) is 3.55. The number of hydrogen-bond acceptors (Lipinski definition) is 4. The molecule has 1 aliphatic rings. The average Bonchev–Trinajstić information content (AvgIpc) is 3.00. The van der Waals surface area contributed by atoms with Gasteiger partial charge in [-0.15, -0.1) is 11.3 Å². The third-order valence-corrected chi connectivity index (χ3v) is 5.22. The molecule has 0 unspecified atom stereocenters. The number of carbonyl (C=O) groups is 2. The second-order valence-corrected chi connectivity index (χ2v) is 6.37. The van der Waals surface area contributed by atoms with E-state index in [0.717, 1.165) is 10.1 Å². The van der Waals surface area contributed by atoms with Gasteiger partial charge in [0.25, 0.3) is 5.91 Å². The molecule has 1 fully saturated rings. The fraction of sp³-hybridized carbons (Fsp3) is 0.286. The van der Waals surface area contributed by atoms with E-state index in [2.05, 4.69) is 0 Å². The number of halogens is 1. The molecule has 5 nitrogen and oxygen atoms in total. The SMILES string of the molecule is O=C(O)[C@@H]1C[C@@H](O)CN1C(=O)c1sc2ccccc2c1Cl. The number of carboxylic acid groups (broad SMARTS) is 1. The average molecular weight is 326 g/mol. The zero-order chi connectivity index (χ0) is 15.1. The molecule has 0 bridgehead atoms. The summed E-state index contributed by atoms with van der Waals surface area (Å²) >= 11 is 7.48. The Morgan fingerprint density at radius 2 is 2.05 bits per heavy atom. The van der Waals surface area contributed by atoms with Gasteiger partial charge in [0.2, 0.25) is 0 Å². The maximum absolute atomic E-state index is 12.6. The smallest absolute Gasteiger partial charge is 0.326 e. The van der Waals surface area contributed by atoms with Crippen LogP contribution in [0.3, 0.4) is 0 Å². The van der Waals surface area contributed by atoms with Crippen LogP contribution in [-0.2, 0) is 4.79 Å². The number of benzene rings is 1. The minimum atomic E-state index is -1.11. The number of carbonyl (C=O) groups excluding carboxylic acids is 1. The lowest BCUT2D eigenvalue weighted by atomic mass is 10.2. The van der Waals surface area contributed by atoms with Gasteiger partial charge in [0.1, 0.15) is 10.9 Å². The van der Waals surface area contributed by atoms with Crippen LogP contribution in [0.1, 0.15) is 16.1 Å². The van der Waals surface area contributed by atoms with Crippen LogP contribution in [0.15, 0.2) is 24.3 Å². The summed E-state index contributed by atoms with van der Waals surface area (Å²) < 4.78 is 0.873. The van der Waals surface area contributed by atoms with Crippen LogP contribution in [0.4, 0.5) is 0 Å². The second-order valence-electron chi connectivity index (χ2n) is 4.94. The molecule has 2 aromatic rings. The quantitative estimate of drug-likeness (QED) is 0.887. The summed E-state index contributed by atoms with van der Waals surface area (Å²) in [6, 6.07) is 6.35. The van der Waals surface area contributed by atoms with E-state index in [0.29, 0.717) is 9.90 Å². The third kappa shape index (κ3) is 2.39. The number of amides is 1. The lowest BCUT2D eigenvalue weighted by Gasteiger charge is -2.20. The highest BCUT2D eigenvalue weighted by molar-refractivity contribution is 7.21. The van der Waals surface area contributed by atoms with Crippen molar-refractivity contribution in [3.05, 3.63) is 34.2 Å². The molecule has 2 heterocycles. The van der Waals surface area contributed by atoms with E-state index in [9.17, 15) is 19.8 Å². The van der Waals surface area contributed by atoms with Gasteiger partial charge in [-0.25, -0.2) is 4.79 Å². The largest absolute Gasteiger partial charge is 0.480 e. The van der Waals surface area contributed by atoms with Gasteiger partial charge in [0.15, 0.2) is 0 Å². The van der Waals surface area contributed by atoms with Gasteiger partial charge >= 0.3 is 5.97 Å². The van der Waals surface area contributed by atoms with Crippen molar-refractivity contribution in [3.8, 4) is 0 Å². The molecule has 0 aliphatic carbocycles. The van der Waals surface area contributed by atoms with Gasteiger partial charge in [0.05, 0.1) is 11.1 Å². The topological polar surface area (TPSA) is 77.8 Å². The van der Waals surface area contributed by atoms with Gasteiger partial charge in [-0.1, -0.05) is 29.8 Å².